The van der Waals surface area contributed by atoms with Crippen LogP contribution in [0.3, 0.4) is 0 Å². The molecule has 4 fully saturated rings. The number of hydrogen-bond donors (Lipinski definition) is 4. The lowest BCUT2D eigenvalue weighted by atomic mass is 9.99. The zero-order valence-corrected chi connectivity index (χ0v) is 23.9. The number of nitrogens with one attached hydrogen (secondary N) is 4. The fourth-order valence-electron chi connectivity index (χ4n) is 5.77. The molecule has 1 aromatic rings. The number of allylic oxidation sites excluding steroid dienone is 1. The van der Waals surface area contributed by atoms with E-state index in [1.54, 1.807) is 0 Å². The fourth-order valence-corrected chi connectivity index (χ4v) is 5.77. The number of carbonyl (C=O) groups is 1. The topological polar surface area (TPSA) is 120 Å². The van der Waals surface area contributed by atoms with Gasteiger partial charge in [0.25, 0.3) is 5.91 Å². The Bertz CT molecular complexity index is 1220. The number of nitrogens with zero attached hydrogens (tertiary/aromatic N) is 2. The molecule has 0 radical (unpaired) electrons. The van der Waals surface area contributed by atoms with Crippen LogP contribution in [0.25, 0.3) is 5.57 Å². The first-order chi connectivity index (χ1) is 20.1. The molecule has 5 aliphatic rings. The highest BCUT2D eigenvalue weighted by atomic mass is 16.5. The van der Waals surface area contributed by atoms with Gasteiger partial charge in [-0.1, -0.05) is 12.1 Å². The normalized spacial score (nSPS) is 23.9. The van der Waals surface area contributed by atoms with Gasteiger partial charge in [0, 0.05) is 62.3 Å². The number of aryl methyl sites for hydroxylation is 1. The Hall–Kier alpha value is -3.21. The van der Waals surface area contributed by atoms with Crippen LogP contribution in [0.15, 0.2) is 40.9 Å². The molecule has 1 aromatic carbocycles. The van der Waals surface area contributed by atoms with Crippen LogP contribution in [-0.4, -0.2) is 87.2 Å². The minimum atomic E-state index is -0.0384. The SMILES string of the molecule is Cc1cc(/C(C=N)=C2\N=C(OC3CCN(C4COC4)CC3)C=C(NCC3CCOCC3)N2)ccc1C(=O)NC1CC1. The molecule has 0 unspecified atom stereocenters. The maximum absolute atomic E-state index is 12.7. The van der Waals surface area contributed by atoms with Crippen molar-refractivity contribution in [2.75, 3.05) is 46.1 Å². The Morgan fingerprint density at radius 1 is 1.15 bits per heavy atom. The summed E-state index contributed by atoms with van der Waals surface area (Å²) in [5.74, 6) is 2.43. The lowest BCUT2D eigenvalue weighted by Crippen LogP contribution is -2.52. The van der Waals surface area contributed by atoms with Crippen LogP contribution in [-0.2, 0) is 14.2 Å². The van der Waals surface area contributed by atoms with Crippen molar-refractivity contribution in [1.82, 2.24) is 20.9 Å². The predicted molar refractivity (Wildman–Crippen MR) is 158 cm³/mol. The van der Waals surface area contributed by atoms with E-state index in [4.69, 9.17) is 24.6 Å². The summed E-state index contributed by atoms with van der Waals surface area (Å²) in [5.41, 5.74) is 3.00. The zero-order valence-electron chi connectivity index (χ0n) is 23.9. The fraction of sp³-hybridized carbons (Fsp3) is 0.581. The van der Waals surface area contributed by atoms with Crippen LogP contribution < -0.4 is 16.0 Å². The molecule has 0 spiro atoms. The van der Waals surface area contributed by atoms with Crippen molar-refractivity contribution in [2.24, 2.45) is 10.9 Å². The van der Waals surface area contributed by atoms with E-state index < -0.39 is 0 Å². The maximum atomic E-state index is 12.7. The average molecular weight is 563 g/mol. The van der Waals surface area contributed by atoms with Gasteiger partial charge in [0.05, 0.1) is 19.3 Å². The van der Waals surface area contributed by atoms with E-state index in [1.165, 1.54) is 6.21 Å². The lowest BCUT2D eigenvalue weighted by molar-refractivity contribution is -0.0784. The second-order valence-corrected chi connectivity index (χ2v) is 11.8. The average Bonchev–Trinajstić information content (AvgIpc) is 3.77. The Morgan fingerprint density at radius 3 is 2.59 bits per heavy atom. The molecule has 4 aliphatic heterocycles. The summed E-state index contributed by atoms with van der Waals surface area (Å²) in [5, 5.41) is 18.3. The quantitative estimate of drug-likeness (QED) is 0.342. The molecule has 10 nitrogen and oxygen atoms in total. The predicted octanol–water partition coefficient (Wildman–Crippen LogP) is 2.94. The van der Waals surface area contributed by atoms with Gasteiger partial charge >= 0.3 is 0 Å². The molecule has 41 heavy (non-hydrogen) atoms. The van der Waals surface area contributed by atoms with Crippen LogP contribution in [0.2, 0.25) is 0 Å². The van der Waals surface area contributed by atoms with Crippen LogP contribution in [0.1, 0.15) is 60.0 Å². The van der Waals surface area contributed by atoms with E-state index in [-0.39, 0.29) is 12.0 Å². The van der Waals surface area contributed by atoms with Gasteiger partial charge < -0.3 is 35.6 Å². The van der Waals surface area contributed by atoms with Crippen LogP contribution in [0.4, 0.5) is 0 Å². The minimum Gasteiger partial charge on any atom is -0.474 e. The number of hydrogen-bond acceptors (Lipinski definition) is 9. The van der Waals surface area contributed by atoms with Gasteiger partial charge in [-0.2, -0.15) is 4.99 Å². The highest BCUT2D eigenvalue weighted by Crippen LogP contribution is 2.26. The van der Waals surface area contributed by atoms with Gasteiger partial charge in [0.2, 0.25) is 5.90 Å². The first kappa shape index (κ1) is 27.9. The molecule has 0 aromatic heterocycles. The molecule has 1 saturated carbocycles. The van der Waals surface area contributed by atoms with Crippen molar-refractivity contribution < 1.29 is 19.0 Å². The molecular formula is C31H42N6O4. The van der Waals surface area contributed by atoms with E-state index in [0.717, 1.165) is 102 Å². The highest BCUT2D eigenvalue weighted by molar-refractivity contribution is 6.11. The molecule has 1 amide bonds. The Morgan fingerprint density at radius 2 is 1.93 bits per heavy atom. The molecule has 4 N–H and O–H groups in total. The van der Waals surface area contributed by atoms with Crippen molar-refractivity contribution in [3.05, 3.63) is 52.6 Å². The van der Waals surface area contributed by atoms with Gasteiger partial charge in [0.15, 0.2) is 0 Å². The summed E-state index contributed by atoms with van der Waals surface area (Å²) in [6, 6.07) is 6.55. The van der Waals surface area contributed by atoms with Crippen LogP contribution >= 0.6 is 0 Å². The van der Waals surface area contributed by atoms with Gasteiger partial charge in [-0.25, -0.2) is 0 Å². The molecule has 0 atom stereocenters. The molecule has 1 aliphatic carbocycles. The van der Waals surface area contributed by atoms with Gasteiger partial charge in [-0.05, 0) is 68.6 Å². The third-order valence-corrected chi connectivity index (χ3v) is 8.66. The lowest BCUT2D eigenvalue weighted by Gasteiger charge is -2.41. The molecule has 0 bridgehead atoms. The van der Waals surface area contributed by atoms with E-state index in [2.05, 4.69) is 20.9 Å². The minimum absolute atomic E-state index is 0.0384. The summed E-state index contributed by atoms with van der Waals surface area (Å²) in [7, 11) is 0. The first-order valence-corrected chi connectivity index (χ1v) is 15.1. The summed E-state index contributed by atoms with van der Waals surface area (Å²) in [6.45, 7) is 8.03. The van der Waals surface area contributed by atoms with Gasteiger partial charge in [-0.15, -0.1) is 0 Å². The van der Waals surface area contributed by atoms with E-state index in [9.17, 15) is 4.79 Å². The van der Waals surface area contributed by atoms with Crippen LogP contribution in [0, 0.1) is 18.3 Å². The summed E-state index contributed by atoms with van der Waals surface area (Å²) in [4.78, 5) is 20.0. The van der Waals surface area contributed by atoms with E-state index >= 15 is 0 Å². The largest absolute Gasteiger partial charge is 0.474 e. The number of aliphatic imine (C=N–C) groups is 1. The Labute approximate surface area is 242 Å². The van der Waals surface area contributed by atoms with Crippen molar-refractivity contribution in [3.63, 3.8) is 0 Å². The summed E-state index contributed by atoms with van der Waals surface area (Å²) in [6.07, 6.45) is 9.42. The van der Waals surface area contributed by atoms with Gasteiger partial charge in [-0.3, -0.25) is 9.69 Å². The number of piperidine rings is 1. The number of rotatable bonds is 9. The first-order valence-electron chi connectivity index (χ1n) is 15.1. The summed E-state index contributed by atoms with van der Waals surface area (Å²) >= 11 is 0. The highest BCUT2D eigenvalue weighted by Gasteiger charge is 2.31. The third-order valence-electron chi connectivity index (χ3n) is 8.66. The Balaban J connectivity index is 1.21. The van der Waals surface area contributed by atoms with Crippen molar-refractivity contribution >= 4 is 23.6 Å². The number of likely N-dealkylation sites (tertiary alicyclic amines) is 1. The van der Waals surface area contributed by atoms with Gasteiger partial charge in [0.1, 0.15) is 17.7 Å². The molecule has 10 heteroatoms. The van der Waals surface area contributed by atoms with Crippen molar-refractivity contribution in [2.45, 2.75) is 63.6 Å². The van der Waals surface area contributed by atoms with Crippen LogP contribution in [0.5, 0.6) is 0 Å². The second kappa shape index (κ2) is 12.8. The zero-order chi connectivity index (χ0) is 28.2. The van der Waals surface area contributed by atoms with Crippen molar-refractivity contribution in [3.8, 4) is 0 Å². The monoisotopic (exact) mass is 562 g/mol. The molecule has 220 valence electrons. The Kier molecular flexibility index (Phi) is 8.69. The van der Waals surface area contributed by atoms with E-state index in [1.807, 2.05) is 31.2 Å². The molecule has 6 rings (SSSR count). The van der Waals surface area contributed by atoms with E-state index in [0.29, 0.717) is 40.9 Å². The molecular weight excluding hydrogens is 520 g/mol. The number of carbonyl (C=O) groups excluding carboxylic acids is 1. The second-order valence-electron chi connectivity index (χ2n) is 11.8. The number of benzene rings is 1. The standard InChI is InChI=1S/C31H42N6O4/c1-20-14-22(2-5-26(20)31(38)34-23-3-4-23)27(16-32)30-35-28(33-17-21-8-12-39-13-9-21)15-29(36-30)41-25-6-10-37(11-7-25)24-18-40-19-24/h2,5,14-16,21,23-25,32-33,35H,3-4,6-13,17-19H2,1H3,(H,34,38)/b30-27-,32-16?. The number of amides is 1. The maximum Gasteiger partial charge on any atom is 0.251 e. The summed E-state index contributed by atoms with van der Waals surface area (Å²) < 4.78 is 17.4. The molecule has 4 heterocycles. The van der Waals surface area contributed by atoms with Crippen molar-refractivity contribution in [1.29, 1.82) is 5.41 Å². The third kappa shape index (κ3) is 6.99. The number of ether oxygens (including phenoxy) is 3. The molecule has 3 saturated heterocycles. The smallest absolute Gasteiger partial charge is 0.251 e.